The number of rotatable bonds is 1. The van der Waals surface area contributed by atoms with Gasteiger partial charge in [0.2, 0.25) is 0 Å². The van der Waals surface area contributed by atoms with Crippen molar-refractivity contribution < 1.29 is 9.53 Å². The van der Waals surface area contributed by atoms with Crippen LogP contribution >= 0.6 is 0 Å². The van der Waals surface area contributed by atoms with Crippen LogP contribution in [0, 0.1) is 0 Å². The summed E-state index contributed by atoms with van der Waals surface area (Å²) in [5.74, 6) is 0.480. The van der Waals surface area contributed by atoms with Gasteiger partial charge < -0.3 is 19.9 Å². The number of amides is 1. The van der Waals surface area contributed by atoms with E-state index in [2.05, 4.69) is 14.5 Å². The average molecular weight is 317 g/mol. The third kappa shape index (κ3) is 3.23. The van der Waals surface area contributed by atoms with Crippen molar-refractivity contribution in [3.05, 3.63) is 18.6 Å². The molecular formula is C16H23N5O2. The quantitative estimate of drug-likeness (QED) is 0.873. The minimum absolute atomic E-state index is 0.170. The van der Waals surface area contributed by atoms with Gasteiger partial charge in [-0.15, -0.1) is 0 Å². The molecule has 0 bridgehead atoms. The van der Waals surface area contributed by atoms with E-state index in [-0.39, 0.29) is 12.1 Å². The second-order valence-electron chi connectivity index (χ2n) is 6.94. The van der Waals surface area contributed by atoms with Crippen LogP contribution in [0.15, 0.2) is 18.6 Å². The number of hydrogen-bond acceptors (Lipinski definition) is 5. The SMILES string of the molecule is CC(C)(C)OC(=O)N1CCC[C@@H](n2ccc3c(N)ncnc32)C1. The highest BCUT2D eigenvalue weighted by molar-refractivity contribution is 5.86. The van der Waals surface area contributed by atoms with Gasteiger partial charge >= 0.3 is 6.09 Å². The van der Waals surface area contributed by atoms with E-state index in [9.17, 15) is 4.79 Å². The summed E-state index contributed by atoms with van der Waals surface area (Å²) in [6, 6.07) is 2.10. The Balaban J connectivity index is 1.80. The zero-order chi connectivity index (χ0) is 16.6. The molecule has 0 saturated carbocycles. The molecule has 0 spiro atoms. The van der Waals surface area contributed by atoms with Crippen molar-refractivity contribution >= 4 is 22.9 Å². The summed E-state index contributed by atoms with van der Waals surface area (Å²) in [4.78, 5) is 22.4. The van der Waals surface area contributed by atoms with E-state index in [1.165, 1.54) is 6.33 Å². The molecule has 1 aliphatic heterocycles. The molecule has 1 saturated heterocycles. The zero-order valence-electron chi connectivity index (χ0n) is 13.8. The van der Waals surface area contributed by atoms with Crippen molar-refractivity contribution in [3.63, 3.8) is 0 Å². The molecule has 2 aromatic rings. The van der Waals surface area contributed by atoms with Gasteiger partial charge in [-0.1, -0.05) is 0 Å². The van der Waals surface area contributed by atoms with Crippen molar-refractivity contribution in [1.29, 1.82) is 0 Å². The molecule has 23 heavy (non-hydrogen) atoms. The number of hydrogen-bond donors (Lipinski definition) is 1. The highest BCUT2D eigenvalue weighted by Gasteiger charge is 2.29. The standard InChI is InChI=1S/C16H23N5O2/c1-16(2,3)23-15(22)20-7-4-5-11(9-20)21-8-6-12-13(17)18-10-19-14(12)21/h6,8,10-11H,4-5,7,9H2,1-3H3,(H2,17,18,19)/t11-/m1/s1. The van der Waals surface area contributed by atoms with Crippen LogP contribution in [0.5, 0.6) is 0 Å². The molecule has 1 atom stereocenters. The molecule has 7 heteroatoms. The average Bonchev–Trinajstić information content (AvgIpc) is 2.91. The Labute approximate surface area is 135 Å². The molecule has 2 N–H and O–H groups in total. The predicted octanol–water partition coefficient (Wildman–Crippen LogP) is 2.59. The third-order valence-electron chi connectivity index (χ3n) is 3.98. The van der Waals surface area contributed by atoms with E-state index < -0.39 is 5.60 Å². The molecule has 7 nitrogen and oxygen atoms in total. The molecule has 3 heterocycles. The molecule has 0 unspecified atom stereocenters. The number of carbonyl (C=O) groups excluding carboxylic acids is 1. The van der Waals surface area contributed by atoms with E-state index in [0.717, 1.165) is 30.4 Å². The highest BCUT2D eigenvalue weighted by atomic mass is 16.6. The molecule has 124 valence electrons. The fraction of sp³-hybridized carbons (Fsp3) is 0.562. The first-order valence-corrected chi connectivity index (χ1v) is 7.90. The van der Waals surface area contributed by atoms with Crippen LogP contribution in [0.4, 0.5) is 10.6 Å². The van der Waals surface area contributed by atoms with Crippen molar-refractivity contribution in [2.24, 2.45) is 0 Å². The first-order chi connectivity index (χ1) is 10.8. The van der Waals surface area contributed by atoms with E-state index in [1.54, 1.807) is 4.90 Å². The smallest absolute Gasteiger partial charge is 0.410 e. The zero-order valence-corrected chi connectivity index (χ0v) is 13.8. The van der Waals surface area contributed by atoms with Crippen molar-refractivity contribution in [2.45, 2.75) is 45.3 Å². The second kappa shape index (κ2) is 5.72. The van der Waals surface area contributed by atoms with Gasteiger partial charge in [-0.05, 0) is 39.7 Å². The van der Waals surface area contributed by atoms with Crippen LogP contribution in [-0.2, 0) is 4.74 Å². The minimum atomic E-state index is -0.480. The van der Waals surface area contributed by atoms with Crippen LogP contribution in [-0.4, -0.2) is 44.2 Å². The maximum absolute atomic E-state index is 12.3. The first-order valence-electron chi connectivity index (χ1n) is 7.90. The van der Waals surface area contributed by atoms with Gasteiger partial charge in [0.25, 0.3) is 0 Å². The Hall–Kier alpha value is -2.31. The predicted molar refractivity (Wildman–Crippen MR) is 88.0 cm³/mol. The fourth-order valence-corrected chi connectivity index (χ4v) is 2.96. The highest BCUT2D eigenvalue weighted by Crippen LogP contribution is 2.28. The van der Waals surface area contributed by atoms with Crippen LogP contribution < -0.4 is 5.73 Å². The molecule has 1 aliphatic rings. The fourth-order valence-electron chi connectivity index (χ4n) is 2.96. The first kappa shape index (κ1) is 15.6. The van der Waals surface area contributed by atoms with Gasteiger partial charge in [0.05, 0.1) is 11.4 Å². The number of likely N-dealkylation sites (tertiary alicyclic amines) is 1. The Kier molecular flexibility index (Phi) is 3.87. The summed E-state index contributed by atoms with van der Waals surface area (Å²) in [5.41, 5.74) is 6.23. The molecule has 3 rings (SSSR count). The van der Waals surface area contributed by atoms with E-state index in [0.29, 0.717) is 12.4 Å². The lowest BCUT2D eigenvalue weighted by Crippen LogP contribution is -2.43. The van der Waals surface area contributed by atoms with Gasteiger partial charge in [-0.25, -0.2) is 14.8 Å². The summed E-state index contributed by atoms with van der Waals surface area (Å²) in [6.07, 6.45) is 5.12. The summed E-state index contributed by atoms with van der Waals surface area (Å²) in [6.45, 7) is 6.98. The molecular weight excluding hydrogens is 294 g/mol. The lowest BCUT2D eigenvalue weighted by atomic mass is 10.1. The number of anilines is 1. The number of carbonyl (C=O) groups is 1. The molecule has 2 aromatic heterocycles. The maximum atomic E-state index is 12.3. The Morgan fingerprint density at radius 1 is 1.39 bits per heavy atom. The van der Waals surface area contributed by atoms with Gasteiger partial charge in [-0.3, -0.25) is 0 Å². The van der Waals surface area contributed by atoms with Crippen molar-refractivity contribution in [1.82, 2.24) is 19.4 Å². The largest absolute Gasteiger partial charge is 0.444 e. The third-order valence-corrected chi connectivity index (χ3v) is 3.98. The lowest BCUT2D eigenvalue weighted by Gasteiger charge is -2.34. The second-order valence-corrected chi connectivity index (χ2v) is 6.94. The number of ether oxygens (including phenoxy) is 1. The monoisotopic (exact) mass is 317 g/mol. The molecule has 0 radical (unpaired) electrons. The number of nitrogens with zero attached hydrogens (tertiary/aromatic N) is 4. The molecule has 0 aliphatic carbocycles. The van der Waals surface area contributed by atoms with Crippen molar-refractivity contribution in [2.75, 3.05) is 18.8 Å². The van der Waals surface area contributed by atoms with Gasteiger partial charge in [-0.2, -0.15) is 0 Å². The Bertz CT molecular complexity index is 719. The molecule has 1 fully saturated rings. The summed E-state index contributed by atoms with van der Waals surface area (Å²) in [7, 11) is 0. The number of fused-ring (bicyclic) bond motifs is 1. The molecule has 1 amide bonds. The van der Waals surface area contributed by atoms with Crippen LogP contribution in [0.1, 0.15) is 39.7 Å². The Morgan fingerprint density at radius 2 is 2.17 bits per heavy atom. The van der Waals surface area contributed by atoms with Crippen LogP contribution in [0.2, 0.25) is 0 Å². The number of nitrogens with two attached hydrogens (primary N) is 1. The summed E-state index contributed by atoms with van der Waals surface area (Å²) >= 11 is 0. The Morgan fingerprint density at radius 3 is 2.91 bits per heavy atom. The van der Waals surface area contributed by atoms with Gasteiger partial charge in [0, 0.05) is 19.3 Å². The number of aromatic nitrogens is 3. The number of piperidine rings is 1. The van der Waals surface area contributed by atoms with E-state index >= 15 is 0 Å². The van der Waals surface area contributed by atoms with Crippen LogP contribution in [0.3, 0.4) is 0 Å². The van der Waals surface area contributed by atoms with Gasteiger partial charge in [0.15, 0.2) is 0 Å². The minimum Gasteiger partial charge on any atom is -0.444 e. The van der Waals surface area contributed by atoms with E-state index in [1.807, 2.05) is 33.0 Å². The molecule has 0 aromatic carbocycles. The lowest BCUT2D eigenvalue weighted by molar-refractivity contribution is 0.0174. The van der Waals surface area contributed by atoms with Crippen LogP contribution in [0.25, 0.3) is 11.0 Å². The summed E-state index contributed by atoms with van der Waals surface area (Å²) < 4.78 is 7.57. The summed E-state index contributed by atoms with van der Waals surface area (Å²) in [5, 5.41) is 0.849. The van der Waals surface area contributed by atoms with E-state index in [4.69, 9.17) is 10.5 Å². The van der Waals surface area contributed by atoms with Crippen molar-refractivity contribution in [3.8, 4) is 0 Å². The maximum Gasteiger partial charge on any atom is 0.410 e. The topological polar surface area (TPSA) is 86.3 Å². The normalized spacial score (nSPS) is 19.1. The van der Waals surface area contributed by atoms with Gasteiger partial charge in [0.1, 0.15) is 23.4 Å². The number of nitrogen functional groups attached to an aromatic ring is 1.